The van der Waals surface area contributed by atoms with Crippen LogP contribution in [0, 0.1) is 0 Å². The molecule has 0 saturated heterocycles. The molecule has 25 heavy (non-hydrogen) atoms. The number of amides is 1. The van der Waals surface area contributed by atoms with Gasteiger partial charge in [-0.15, -0.1) is 0 Å². The number of hydrogen-bond donors (Lipinski definition) is 1. The Morgan fingerprint density at radius 1 is 1.24 bits per heavy atom. The predicted molar refractivity (Wildman–Crippen MR) is 100 cm³/mol. The number of ether oxygens (including phenoxy) is 1. The third-order valence-corrected chi connectivity index (χ3v) is 4.31. The number of aliphatic imine (C=N–C) groups is 1. The van der Waals surface area contributed by atoms with Crippen molar-refractivity contribution in [3.8, 4) is 5.75 Å². The number of amidine groups is 1. The summed E-state index contributed by atoms with van der Waals surface area (Å²) >= 11 is 0. The standard InChI is InChI=1S/C20H25N3O2/c1-2-3-4-5-7-12-21-20(24)25-17-11-10-16-15-23-13-8-6-9-19(23)22-18(16)14-17/h6,8-11,13-14H,2-5,7,12,15H2,1H3,(H,21,24). The van der Waals surface area contributed by atoms with E-state index in [0.717, 1.165) is 36.5 Å². The van der Waals surface area contributed by atoms with Crippen molar-refractivity contribution in [3.05, 3.63) is 48.2 Å². The van der Waals surface area contributed by atoms with E-state index in [1.807, 2.05) is 42.6 Å². The van der Waals surface area contributed by atoms with E-state index in [-0.39, 0.29) is 0 Å². The van der Waals surface area contributed by atoms with Gasteiger partial charge in [0.05, 0.1) is 12.2 Å². The molecule has 5 heteroatoms. The Morgan fingerprint density at radius 2 is 2.12 bits per heavy atom. The monoisotopic (exact) mass is 339 g/mol. The molecule has 1 N–H and O–H groups in total. The van der Waals surface area contributed by atoms with Crippen LogP contribution in [0.4, 0.5) is 10.5 Å². The fourth-order valence-corrected chi connectivity index (χ4v) is 2.92. The molecule has 2 heterocycles. The van der Waals surface area contributed by atoms with Crippen molar-refractivity contribution in [1.82, 2.24) is 10.2 Å². The van der Waals surface area contributed by atoms with Gasteiger partial charge in [0.2, 0.25) is 0 Å². The van der Waals surface area contributed by atoms with E-state index < -0.39 is 6.09 Å². The Hall–Kier alpha value is -2.56. The van der Waals surface area contributed by atoms with Gasteiger partial charge in [-0.1, -0.05) is 44.7 Å². The van der Waals surface area contributed by atoms with Crippen molar-refractivity contribution in [2.75, 3.05) is 6.54 Å². The molecule has 0 aromatic heterocycles. The second-order valence-corrected chi connectivity index (χ2v) is 6.32. The summed E-state index contributed by atoms with van der Waals surface area (Å²) < 4.78 is 5.38. The molecule has 2 aliphatic rings. The van der Waals surface area contributed by atoms with Crippen molar-refractivity contribution in [2.45, 2.75) is 45.6 Å². The summed E-state index contributed by atoms with van der Waals surface area (Å²) in [5.74, 6) is 1.43. The second-order valence-electron chi connectivity index (χ2n) is 6.32. The first-order valence-electron chi connectivity index (χ1n) is 9.05. The summed E-state index contributed by atoms with van der Waals surface area (Å²) in [6.07, 6.45) is 13.4. The molecule has 0 radical (unpaired) electrons. The second kappa shape index (κ2) is 8.51. The van der Waals surface area contributed by atoms with Crippen molar-refractivity contribution < 1.29 is 9.53 Å². The zero-order valence-electron chi connectivity index (χ0n) is 14.7. The quantitative estimate of drug-likeness (QED) is 0.734. The Bertz CT molecular complexity index is 707. The number of benzene rings is 1. The lowest BCUT2D eigenvalue weighted by atomic mass is 10.1. The molecule has 0 saturated carbocycles. The fraction of sp³-hybridized carbons (Fsp3) is 0.400. The molecule has 1 aromatic rings. The number of nitrogens with one attached hydrogen (secondary N) is 1. The minimum absolute atomic E-state index is 0.402. The van der Waals surface area contributed by atoms with Crippen molar-refractivity contribution in [3.63, 3.8) is 0 Å². The molecule has 3 rings (SSSR count). The Kier molecular flexibility index (Phi) is 5.88. The number of allylic oxidation sites excluding steroid dienone is 2. The third-order valence-electron chi connectivity index (χ3n) is 4.31. The number of rotatable bonds is 7. The molecule has 0 fully saturated rings. The average Bonchev–Trinajstić information content (AvgIpc) is 2.63. The van der Waals surface area contributed by atoms with Crippen LogP contribution in [0.2, 0.25) is 0 Å². The maximum absolute atomic E-state index is 11.9. The lowest BCUT2D eigenvalue weighted by Gasteiger charge is -2.27. The highest BCUT2D eigenvalue weighted by atomic mass is 16.6. The molecule has 0 atom stereocenters. The van der Waals surface area contributed by atoms with Crippen LogP contribution in [-0.2, 0) is 6.54 Å². The molecule has 0 spiro atoms. The Morgan fingerprint density at radius 3 is 3.00 bits per heavy atom. The summed E-state index contributed by atoms with van der Waals surface area (Å²) in [6, 6.07) is 5.62. The molecule has 0 unspecified atom stereocenters. The lowest BCUT2D eigenvalue weighted by molar-refractivity contribution is 0.200. The van der Waals surface area contributed by atoms with Gasteiger partial charge in [0.1, 0.15) is 11.6 Å². The Balaban J connectivity index is 1.52. The van der Waals surface area contributed by atoms with Gasteiger partial charge in [0.25, 0.3) is 0 Å². The normalized spacial score (nSPS) is 14.6. The summed E-state index contributed by atoms with van der Waals surface area (Å²) in [4.78, 5) is 18.6. The molecule has 1 amide bonds. The molecule has 1 aromatic carbocycles. The van der Waals surface area contributed by atoms with Gasteiger partial charge in [-0.3, -0.25) is 0 Å². The predicted octanol–water partition coefficient (Wildman–Crippen LogP) is 4.67. The SMILES string of the molecule is CCCCCCCNC(=O)Oc1ccc2c(c1)N=C1C=CC=CN1C2. The number of hydrogen-bond acceptors (Lipinski definition) is 4. The maximum atomic E-state index is 11.9. The first kappa shape index (κ1) is 17.3. The number of fused-ring (bicyclic) bond motifs is 2. The number of nitrogens with zero attached hydrogens (tertiary/aromatic N) is 2. The van der Waals surface area contributed by atoms with E-state index in [2.05, 4.69) is 22.1 Å². The van der Waals surface area contributed by atoms with Crippen LogP contribution in [0.15, 0.2) is 47.6 Å². The van der Waals surface area contributed by atoms with E-state index in [9.17, 15) is 4.79 Å². The fourth-order valence-electron chi connectivity index (χ4n) is 2.92. The number of unbranched alkanes of at least 4 members (excludes halogenated alkanes) is 4. The smallest absolute Gasteiger partial charge is 0.410 e. The first-order valence-corrected chi connectivity index (χ1v) is 9.05. The summed E-state index contributed by atoms with van der Waals surface area (Å²) in [5, 5.41) is 2.81. The van der Waals surface area contributed by atoms with Gasteiger partial charge in [-0.2, -0.15) is 0 Å². The lowest BCUT2D eigenvalue weighted by Crippen LogP contribution is -2.28. The van der Waals surface area contributed by atoms with Crippen LogP contribution < -0.4 is 10.1 Å². The van der Waals surface area contributed by atoms with Gasteiger partial charge in [-0.25, -0.2) is 9.79 Å². The molecule has 0 aliphatic carbocycles. The highest BCUT2D eigenvalue weighted by Gasteiger charge is 2.18. The van der Waals surface area contributed by atoms with Gasteiger partial charge in [0, 0.05) is 18.8 Å². The van der Waals surface area contributed by atoms with Crippen molar-refractivity contribution >= 4 is 17.6 Å². The highest BCUT2D eigenvalue weighted by Crippen LogP contribution is 2.31. The first-order chi connectivity index (χ1) is 12.3. The van der Waals surface area contributed by atoms with E-state index in [0.29, 0.717) is 12.3 Å². The average molecular weight is 339 g/mol. The van der Waals surface area contributed by atoms with Gasteiger partial charge >= 0.3 is 6.09 Å². The van der Waals surface area contributed by atoms with E-state index in [1.54, 1.807) is 0 Å². The van der Waals surface area contributed by atoms with E-state index >= 15 is 0 Å². The van der Waals surface area contributed by atoms with Gasteiger partial charge < -0.3 is 15.0 Å². The summed E-state index contributed by atoms with van der Waals surface area (Å²) in [6.45, 7) is 3.62. The van der Waals surface area contributed by atoms with Gasteiger partial charge in [-0.05, 0) is 30.2 Å². The van der Waals surface area contributed by atoms with Crippen LogP contribution in [0.5, 0.6) is 5.75 Å². The zero-order chi connectivity index (χ0) is 17.5. The third kappa shape index (κ3) is 4.72. The largest absolute Gasteiger partial charge is 0.412 e. The van der Waals surface area contributed by atoms with Crippen molar-refractivity contribution in [2.24, 2.45) is 4.99 Å². The van der Waals surface area contributed by atoms with Crippen LogP contribution in [0.1, 0.15) is 44.6 Å². The van der Waals surface area contributed by atoms with Crippen molar-refractivity contribution in [1.29, 1.82) is 0 Å². The molecular formula is C20H25N3O2. The van der Waals surface area contributed by atoms with Crippen LogP contribution >= 0.6 is 0 Å². The maximum Gasteiger partial charge on any atom is 0.412 e. The van der Waals surface area contributed by atoms with Crippen LogP contribution in [-0.4, -0.2) is 23.4 Å². The van der Waals surface area contributed by atoms with E-state index in [1.165, 1.54) is 19.3 Å². The molecule has 5 nitrogen and oxygen atoms in total. The van der Waals surface area contributed by atoms with E-state index in [4.69, 9.17) is 4.74 Å². The molecule has 132 valence electrons. The summed E-state index contributed by atoms with van der Waals surface area (Å²) in [7, 11) is 0. The minimum Gasteiger partial charge on any atom is -0.410 e. The van der Waals surface area contributed by atoms with Gasteiger partial charge in [0.15, 0.2) is 0 Å². The summed E-state index contributed by atoms with van der Waals surface area (Å²) in [5.41, 5.74) is 1.98. The Labute approximate surface area is 149 Å². The topological polar surface area (TPSA) is 53.9 Å². The molecule has 2 aliphatic heterocycles. The van der Waals surface area contributed by atoms with Crippen LogP contribution in [0.25, 0.3) is 0 Å². The minimum atomic E-state index is -0.402. The molecular weight excluding hydrogens is 314 g/mol. The van der Waals surface area contributed by atoms with Crippen LogP contribution in [0.3, 0.4) is 0 Å². The number of carbonyl (C=O) groups excluding carboxylic acids is 1. The zero-order valence-corrected chi connectivity index (χ0v) is 14.7. The highest BCUT2D eigenvalue weighted by molar-refractivity contribution is 5.98. The number of carbonyl (C=O) groups is 1. The molecule has 0 bridgehead atoms.